The third-order valence-electron chi connectivity index (χ3n) is 5.60. The first kappa shape index (κ1) is 18.7. The predicted octanol–water partition coefficient (Wildman–Crippen LogP) is 4.53. The van der Waals surface area contributed by atoms with Crippen molar-refractivity contribution in [3.8, 4) is 0 Å². The molecule has 0 aliphatic carbocycles. The van der Waals surface area contributed by atoms with E-state index < -0.39 is 0 Å². The SMILES string of the molecule is CCC(=O)N(c1ccccc1)C1(C)CCN(CCc2ccccc2)CC1. The van der Waals surface area contributed by atoms with Crippen molar-refractivity contribution in [3.05, 3.63) is 66.2 Å². The number of carbonyl (C=O) groups excluding carboxylic acids is 1. The number of amides is 1. The van der Waals surface area contributed by atoms with E-state index >= 15 is 0 Å². The molecule has 3 rings (SSSR count). The Labute approximate surface area is 157 Å². The van der Waals surface area contributed by atoms with Gasteiger partial charge in [0.1, 0.15) is 0 Å². The Morgan fingerprint density at radius 3 is 2.15 bits per heavy atom. The molecule has 1 fully saturated rings. The van der Waals surface area contributed by atoms with E-state index in [9.17, 15) is 4.79 Å². The lowest BCUT2D eigenvalue weighted by atomic mass is 9.86. The van der Waals surface area contributed by atoms with Crippen molar-refractivity contribution in [1.82, 2.24) is 4.90 Å². The second-order valence-electron chi connectivity index (χ2n) is 7.49. The quantitative estimate of drug-likeness (QED) is 0.764. The minimum absolute atomic E-state index is 0.0995. The molecule has 0 N–H and O–H groups in total. The number of nitrogens with zero attached hydrogens (tertiary/aromatic N) is 2. The second kappa shape index (κ2) is 8.50. The summed E-state index contributed by atoms with van der Waals surface area (Å²) < 4.78 is 0. The molecule has 0 unspecified atom stereocenters. The molecule has 0 radical (unpaired) electrons. The number of para-hydroxylation sites is 1. The third-order valence-corrected chi connectivity index (χ3v) is 5.60. The minimum Gasteiger partial charge on any atom is -0.307 e. The average molecular weight is 351 g/mol. The molecule has 1 saturated heterocycles. The number of carbonyl (C=O) groups is 1. The maximum absolute atomic E-state index is 12.7. The van der Waals surface area contributed by atoms with Gasteiger partial charge in [-0.25, -0.2) is 0 Å². The lowest BCUT2D eigenvalue weighted by molar-refractivity contribution is -0.119. The Morgan fingerprint density at radius 2 is 1.58 bits per heavy atom. The van der Waals surface area contributed by atoms with Gasteiger partial charge in [-0.2, -0.15) is 0 Å². The van der Waals surface area contributed by atoms with Crippen LogP contribution in [0.5, 0.6) is 0 Å². The summed E-state index contributed by atoms with van der Waals surface area (Å²) in [5, 5.41) is 0. The molecule has 26 heavy (non-hydrogen) atoms. The lowest BCUT2D eigenvalue weighted by Crippen LogP contribution is -2.56. The van der Waals surface area contributed by atoms with Gasteiger partial charge in [0.05, 0.1) is 0 Å². The van der Waals surface area contributed by atoms with Gasteiger partial charge >= 0.3 is 0 Å². The van der Waals surface area contributed by atoms with Crippen LogP contribution in [0.3, 0.4) is 0 Å². The van der Waals surface area contributed by atoms with E-state index in [1.807, 2.05) is 25.1 Å². The first-order chi connectivity index (χ1) is 12.6. The summed E-state index contributed by atoms with van der Waals surface area (Å²) in [7, 11) is 0. The smallest absolute Gasteiger partial charge is 0.227 e. The van der Waals surface area contributed by atoms with E-state index in [1.54, 1.807) is 0 Å². The molecular formula is C23H30N2O. The lowest BCUT2D eigenvalue weighted by Gasteiger charge is -2.47. The monoisotopic (exact) mass is 350 g/mol. The van der Waals surface area contributed by atoms with Crippen LogP contribution in [0.1, 0.15) is 38.7 Å². The van der Waals surface area contributed by atoms with Crippen LogP contribution in [0.4, 0.5) is 5.69 Å². The summed E-state index contributed by atoms with van der Waals surface area (Å²) in [6.07, 6.45) is 3.67. The van der Waals surface area contributed by atoms with Gasteiger partial charge in [0, 0.05) is 37.3 Å². The highest BCUT2D eigenvalue weighted by atomic mass is 16.2. The van der Waals surface area contributed by atoms with Crippen LogP contribution < -0.4 is 4.90 Å². The highest BCUT2D eigenvalue weighted by molar-refractivity contribution is 5.94. The van der Waals surface area contributed by atoms with Gasteiger partial charge in [-0.1, -0.05) is 55.5 Å². The maximum Gasteiger partial charge on any atom is 0.227 e. The van der Waals surface area contributed by atoms with Crippen LogP contribution in [-0.2, 0) is 11.2 Å². The zero-order chi connectivity index (χ0) is 18.4. The van der Waals surface area contributed by atoms with E-state index in [2.05, 4.69) is 59.2 Å². The molecule has 3 nitrogen and oxygen atoms in total. The molecule has 1 aliphatic heterocycles. The number of rotatable bonds is 6. The zero-order valence-corrected chi connectivity index (χ0v) is 16.0. The van der Waals surface area contributed by atoms with E-state index in [0.717, 1.165) is 44.6 Å². The number of likely N-dealkylation sites (tertiary alicyclic amines) is 1. The highest BCUT2D eigenvalue weighted by Gasteiger charge is 2.38. The summed E-state index contributed by atoms with van der Waals surface area (Å²) >= 11 is 0. The van der Waals surface area contributed by atoms with Crippen molar-refractivity contribution in [2.45, 2.75) is 45.1 Å². The summed E-state index contributed by atoms with van der Waals surface area (Å²) in [4.78, 5) is 17.3. The maximum atomic E-state index is 12.7. The van der Waals surface area contributed by atoms with Gasteiger partial charge in [0.25, 0.3) is 0 Å². The Kier molecular flexibility index (Phi) is 6.10. The van der Waals surface area contributed by atoms with Gasteiger partial charge in [-0.15, -0.1) is 0 Å². The van der Waals surface area contributed by atoms with E-state index in [1.165, 1.54) is 5.56 Å². The van der Waals surface area contributed by atoms with Gasteiger partial charge in [-0.05, 0) is 43.9 Å². The van der Waals surface area contributed by atoms with Crippen LogP contribution in [-0.4, -0.2) is 36.0 Å². The molecule has 3 heteroatoms. The van der Waals surface area contributed by atoms with E-state index in [-0.39, 0.29) is 11.4 Å². The molecule has 0 bridgehead atoms. The number of hydrogen-bond donors (Lipinski definition) is 0. The molecule has 0 aromatic heterocycles. The van der Waals surface area contributed by atoms with Crippen LogP contribution in [0.25, 0.3) is 0 Å². The fraction of sp³-hybridized carbons (Fsp3) is 0.435. The van der Waals surface area contributed by atoms with Gasteiger partial charge in [-0.3, -0.25) is 4.79 Å². The molecule has 0 spiro atoms. The van der Waals surface area contributed by atoms with Crippen LogP contribution in [0.2, 0.25) is 0 Å². The Balaban J connectivity index is 1.64. The average Bonchev–Trinajstić information content (AvgIpc) is 2.69. The van der Waals surface area contributed by atoms with Crippen molar-refractivity contribution < 1.29 is 4.79 Å². The van der Waals surface area contributed by atoms with Crippen molar-refractivity contribution in [3.63, 3.8) is 0 Å². The molecule has 138 valence electrons. The number of piperidine rings is 1. The number of anilines is 1. The first-order valence-corrected chi connectivity index (χ1v) is 9.77. The number of hydrogen-bond acceptors (Lipinski definition) is 2. The van der Waals surface area contributed by atoms with E-state index in [4.69, 9.17) is 0 Å². The molecule has 2 aromatic rings. The standard InChI is InChI=1S/C23H30N2O/c1-3-22(26)25(21-12-8-5-9-13-21)23(2)15-18-24(19-16-23)17-14-20-10-6-4-7-11-20/h4-13H,3,14-19H2,1-2H3. The molecule has 1 aliphatic rings. The van der Waals surface area contributed by atoms with Crippen molar-refractivity contribution in [2.24, 2.45) is 0 Å². The Bertz CT molecular complexity index is 691. The topological polar surface area (TPSA) is 23.6 Å². The van der Waals surface area contributed by atoms with Gasteiger partial charge in [0.2, 0.25) is 5.91 Å². The largest absolute Gasteiger partial charge is 0.307 e. The Morgan fingerprint density at radius 1 is 1.00 bits per heavy atom. The fourth-order valence-electron chi connectivity index (χ4n) is 3.91. The normalized spacial score (nSPS) is 17.0. The first-order valence-electron chi connectivity index (χ1n) is 9.77. The third kappa shape index (κ3) is 4.34. The summed E-state index contributed by atoms with van der Waals surface area (Å²) in [6.45, 7) is 7.39. The number of benzene rings is 2. The summed E-state index contributed by atoms with van der Waals surface area (Å²) in [6, 6.07) is 20.8. The molecular weight excluding hydrogens is 320 g/mol. The molecule has 1 amide bonds. The van der Waals surface area contributed by atoms with Crippen molar-refractivity contribution in [2.75, 3.05) is 24.5 Å². The highest BCUT2D eigenvalue weighted by Crippen LogP contribution is 2.33. The molecule has 0 saturated carbocycles. The molecule has 1 heterocycles. The van der Waals surface area contributed by atoms with E-state index in [0.29, 0.717) is 6.42 Å². The summed E-state index contributed by atoms with van der Waals surface area (Å²) in [5.41, 5.74) is 2.32. The van der Waals surface area contributed by atoms with Crippen LogP contribution in [0, 0.1) is 0 Å². The van der Waals surface area contributed by atoms with Crippen LogP contribution >= 0.6 is 0 Å². The fourth-order valence-corrected chi connectivity index (χ4v) is 3.91. The zero-order valence-electron chi connectivity index (χ0n) is 16.0. The second-order valence-corrected chi connectivity index (χ2v) is 7.49. The van der Waals surface area contributed by atoms with Crippen molar-refractivity contribution in [1.29, 1.82) is 0 Å². The van der Waals surface area contributed by atoms with Gasteiger partial charge < -0.3 is 9.80 Å². The minimum atomic E-state index is -0.0995. The molecule has 0 atom stereocenters. The summed E-state index contributed by atoms with van der Waals surface area (Å²) in [5.74, 6) is 0.219. The van der Waals surface area contributed by atoms with Crippen LogP contribution in [0.15, 0.2) is 60.7 Å². The molecule has 2 aromatic carbocycles. The Hall–Kier alpha value is -2.13. The van der Waals surface area contributed by atoms with Gasteiger partial charge in [0.15, 0.2) is 0 Å². The predicted molar refractivity (Wildman–Crippen MR) is 108 cm³/mol. The van der Waals surface area contributed by atoms with Crippen molar-refractivity contribution >= 4 is 11.6 Å².